The van der Waals surface area contributed by atoms with E-state index in [0.29, 0.717) is 39.2 Å². The maximum atomic E-state index is 12.9. The van der Waals surface area contributed by atoms with Crippen LogP contribution in [0.2, 0.25) is 5.02 Å². The van der Waals surface area contributed by atoms with Crippen molar-refractivity contribution in [1.29, 1.82) is 0 Å². The molecule has 164 valence electrons. The van der Waals surface area contributed by atoms with Gasteiger partial charge in [0, 0.05) is 27.9 Å². The van der Waals surface area contributed by atoms with Gasteiger partial charge in [0.1, 0.15) is 16.9 Å². The molecule has 1 aliphatic heterocycles. The fourth-order valence-electron chi connectivity index (χ4n) is 3.52. The highest BCUT2D eigenvalue weighted by Gasteiger charge is 2.37. The van der Waals surface area contributed by atoms with Gasteiger partial charge in [-0.15, -0.1) is 11.8 Å². The van der Waals surface area contributed by atoms with Gasteiger partial charge in [0.25, 0.3) is 5.91 Å². The van der Waals surface area contributed by atoms with E-state index in [9.17, 15) is 9.59 Å². The highest BCUT2D eigenvalue weighted by Crippen LogP contribution is 2.47. The number of halogens is 1. The average Bonchev–Trinajstić information content (AvgIpc) is 3.20. The Bertz CT molecular complexity index is 1150. The predicted octanol–water partition coefficient (Wildman–Crippen LogP) is 5.39. The van der Waals surface area contributed by atoms with Crippen molar-refractivity contribution in [3.63, 3.8) is 0 Å². The summed E-state index contributed by atoms with van der Waals surface area (Å²) in [6, 6.07) is 19.5. The van der Waals surface area contributed by atoms with Gasteiger partial charge in [-0.05, 0) is 42.5 Å². The molecule has 3 aromatic carbocycles. The Morgan fingerprint density at radius 3 is 2.53 bits per heavy atom. The normalized spacial score (nSPS) is 15.5. The topological polar surface area (TPSA) is 67.9 Å². The molecule has 2 amide bonds. The Morgan fingerprint density at radius 2 is 1.81 bits per heavy atom. The molecule has 0 unspecified atom stereocenters. The number of rotatable bonds is 6. The standard InChI is InChI=1S/C24H21ClN2O4S/c1-30-17-11-12-21(31-2)20(13-17)27-22(28)14-32-24(27)18-5-3-4-6-19(18)26-23(29)15-7-9-16(25)10-8-15/h3-13,24H,14H2,1-2H3,(H,26,29)/t24-/m1/s1. The number of hydrogen-bond donors (Lipinski definition) is 1. The number of hydrogen-bond acceptors (Lipinski definition) is 5. The van der Waals surface area contributed by atoms with Gasteiger partial charge in [0.15, 0.2) is 0 Å². The van der Waals surface area contributed by atoms with E-state index in [2.05, 4.69) is 5.32 Å². The lowest BCUT2D eigenvalue weighted by Crippen LogP contribution is -2.29. The molecule has 3 aromatic rings. The third-order valence-electron chi connectivity index (χ3n) is 5.09. The van der Waals surface area contributed by atoms with Gasteiger partial charge in [-0.2, -0.15) is 0 Å². The Kier molecular flexibility index (Phi) is 6.58. The monoisotopic (exact) mass is 468 g/mol. The maximum Gasteiger partial charge on any atom is 0.255 e. The zero-order valence-corrected chi connectivity index (χ0v) is 19.1. The molecule has 32 heavy (non-hydrogen) atoms. The minimum absolute atomic E-state index is 0.0506. The van der Waals surface area contributed by atoms with Gasteiger partial charge < -0.3 is 14.8 Å². The Labute approximate surface area is 195 Å². The first-order valence-corrected chi connectivity index (χ1v) is 11.3. The molecule has 4 rings (SSSR count). The molecular formula is C24H21ClN2O4S. The SMILES string of the molecule is COc1ccc(OC)c(N2C(=O)CS[C@@H]2c2ccccc2NC(=O)c2ccc(Cl)cc2)c1. The number of amides is 2. The molecule has 0 bridgehead atoms. The van der Waals surface area contributed by atoms with Crippen LogP contribution in [0.5, 0.6) is 11.5 Å². The van der Waals surface area contributed by atoms with Crippen LogP contribution >= 0.6 is 23.4 Å². The molecule has 1 aliphatic rings. The Hall–Kier alpha value is -3.16. The largest absolute Gasteiger partial charge is 0.497 e. The number of carbonyl (C=O) groups is 2. The summed E-state index contributed by atoms with van der Waals surface area (Å²) in [5.41, 5.74) is 2.55. The smallest absolute Gasteiger partial charge is 0.255 e. The number of methoxy groups -OCH3 is 2. The summed E-state index contributed by atoms with van der Waals surface area (Å²) in [7, 11) is 3.14. The number of thioether (sulfide) groups is 1. The van der Waals surface area contributed by atoms with E-state index in [0.717, 1.165) is 5.56 Å². The fraction of sp³-hybridized carbons (Fsp3) is 0.167. The second-order valence-corrected chi connectivity index (χ2v) is 8.52. The zero-order valence-electron chi connectivity index (χ0n) is 17.5. The van der Waals surface area contributed by atoms with Crippen molar-refractivity contribution in [2.45, 2.75) is 5.37 Å². The summed E-state index contributed by atoms with van der Waals surface area (Å²) >= 11 is 7.42. The third-order valence-corrected chi connectivity index (χ3v) is 6.54. The highest BCUT2D eigenvalue weighted by atomic mass is 35.5. The number of ether oxygens (including phenoxy) is 2. The van der Waals surface area contributed by atoms with Gasteiger partial charge >= 0.3 is 0 Å². The second-order valence-electron chi connectivity index (χ2n) is 7.01. The van der Waals surface area contributed by atoms with Crippen LogP contribution in [0.3, 0.4) is 0 Å². The van der Waals surface area contributed by atoms with E-state index in [1.54, 1.807) is 61.6 Å². The predicted molar refractivity (Wildman–Crippen MR) is 128 cm³/mol. The van der Waals surface area contributed by atoms with Crippen LogP contribution in [0.4, 0.5) is 11.4 Å². The first-order chi connectivity index (χ1) is 15.5. The van der Waals surface area contributed by atoms with Crippen molar-refractivity contribution in [2.75, 3.05) is 30.2 Å². The molecule has 1 fully saturated rings. The number of nitrogens with zero attached hydrogens (tertiary/aromatic N) is 1. The van der Waals surface area contributed by atoms with E-state index in [1.807, 2.05) is 24.3 Å². The summed E-state index contributed by atoms with van der Waals surface area (Å²) in [6.45, 7) is 0. The van der Waals surface area contributed by atoms with Gasteiger partial charge in [0.2, 0.25) is 5.91 Å². The molecule has 1 heterocycles. The first kappa shape index (κ1) is 22.0. The van der Waals surface area contributed by atoms with E-state index in [1.165, 1.54) is 11.8 Å². The quantitative estimate of drug-likeness (QED) is 0.525. The third kappa shape index (κ3) is 4.40. The number of anilines is 2. The number of para-hydroxylation sites is 1. The molecule has 1 N–H and O–H groups in total. The van der Waals surface area contributed by atoms with Gasteiger partial charge in [-0.25, -0.2) is 0 Å². The average molecular weight is 469 g/mol. The zero-order chi connectivity index (χ0) is 22.7. The summed E-state index contributed by atoms with van der Waals surface area (Å²) in [5.74, 6) is 1.19. The van der Waals surface area contributed by atoms with E-state index < -0.39 is 0 Å². The molecule has 0 aliphatic carbocycles. The minimum Gasteiger partial charge on any atom is -0.497 e. The lowest BCUT2D eigenvalue weighted by Gasteiger charge is -2.27. The summed E-state index contributed by atoms with van der Waals surface area (Å²) < 4.78 is 10.9. The van der Waals surface area contributed by atoms with Crippen molar-refractivity contribution >= 4 is 46.6 Å². The molecule has 0 saturated carbocycles. The van der Waals surface area contributed by atoms with Crippen LogP contribution in [-0.4, -0.2) is 31.8 Å². The molecule has 8 heteroatoms. The summed E-state index contributed by atoms with van der Waals surface area (Å²) in [4.78, 5) is 27.4. The fourth-order valence-corrected chi connectivity index (χ4v) is 4.85. The molecule has 0 aromatic heterocycles. The van der Waals surface area contributed by atoms with E-state index >= 15 is 0 Å². The van der Waals surface area contributed by atoms with E-state index in [-0.39, 0.29) is 17.2 Å². The Balaban J connectivity index is 1.70. The number of nitrogens with one attached hydrogen (secondary N) is 1. The van der Waals surface area contributed by atoms with Crippen LogP contribution in [0.25, 0.3) is 0 Å². The summed E-state index contributed by atoms with van der Waals surface area (Å²) in [6.07, 6.45) is 0. The maximum absolute atomic E-state index is 12.9. The van der Waals surface area contributed by atoms with Crippen LogP contribution in [0.15, 0.2) is 66.7 Å². The van der Waals surface area contributed by atoms with Gasteiger partial charge in [-0.1, -0.05) is 29.8 Å². The molecule has 1 saturated heterocycles. The highest BCUT2D eigenvalue weighted by molar-refractivity contribution is 8.00. The van der Waals surface area contributed by atoms with E-state index in [4.69, 9.17) is 21.1 Å². The Morgan fingerprint density at radius 1 is 1.06 bits per heavy atom. The minimum atomic E-state index is -0.342. The number of benzene rings is 3. The molecular weight excluding hydrogens is 448 g/mol. The van der Waals surface area contributed by atoms with Crippen molar-refractivity contribution in [3.05, 3.63) is 82.9 Å². The molecule has 0 radical (unpaired) electrons. The van der Waals surface area contributed by atoms with Crippen molar-refractivity contribution in [3.8, 4) is 11.5 Å². The van der Waals surface area contributed by atoms with Crippen LogP contribution in [0, 0.1) is 0 Å². The van der Waals surface area contributed by atoms with Crippen molar-refractivity contribution in [2.24, 2.45) is 0 Å². The summed E-state index contributed by atoms with van der Waals surface area (Å²) in [5, 5.41) is 3.19. The molecule has 6 nitrogen and oxygen atoms in total. The molecule has 0 spiro atoms. The van der Waals surface area contributed by atoms with Crippen molar-refractivity contribution in [1.82, 2.24) is 0 Å². The number of carbonyl (C=O) groups excluding carboxylic acids is 2. The van der Waals surface area contributed by atoms with Gasteiger partial charge in [-0.3, -0.25) is 14.5 Å². The second kappa shape index (κ2) is 9.54. The lowest BCUT2D eigenvalue weighted by atomic mass is 10.1. The van der Waals surface area contributed by atoms with Crippen LogP contribution < -0.4 is 19.7 Å². The van der Waals surface area contributed by atoms with Crippen LogP contribution in [-0.2, 0) is 4.79 Å². The lowest BCUT2D eigenvalue weighted by molar-refractivity contribution is -0.115. The van der Waals surface area contributed by atoms with Gasteiger partial charge in [0.05, 0.1) is 25.7 Å². The van der Waals surface area contributed by atoms with Crippen molar-refractivity contribution < 1.29 is 19.1 Å². The molecule has 1 atom stereocenters. The van der Waals surface area contributed by atoms with Crippen LogP contribution in [0.1, 0.15) is 21.3 Å². The first-order valence-electron chi connectivity index (χ1n) is 9.83.